The van der Waals surface area contributed by atoms with Crippen LogP contribution in [0.5, 0.6) is 5.75 Å². The number of hydrogen-bond acceptors (Lipinski definition) is 5. The summed E-state index contributed by atoms with van der Waals surface area (Å²) in [5, 5.41) is 0.500. The molecule has 1 aromatic carbocycles. The second-order valence-corrected chi connectivity index (χ2v) is 7.21. The minimum atomic E-state index is -0.357. The summed E-state index contributed by atoms with van der Waals surface area (Å²) in [7, 11) is 1.64. The summed E-state index contributed by atoms with van der Waals surface area (Å²) in [6.07, 6.45) is 0. The molecule has 2 aromatic rings. The quantitative estimate of drug-likeness (QED) is 0.822. The fourth-order valence-electron chi connectivity index (χ4n) is 2.46. The molecular formula is C18H23NO3S. The molecule has 0 bridgehead atoms. The van der Waals surface area contributed by atoms with Crippen LogP contribution in [0, 0.1) is 19.8 Å². The first-order valence-electron chi connectivity index (χ1n) is 7.56. The van der Waals surface area contributed by atoms with E-state index in [4.69, 9.17) is 15.2 Å². The molecule has 0 unspecified atom stereocenters. The Kier molecular flexibility index (Phi) is 5.31. The minimum absolute atomic E-state index is 0.284. The first kappa shape index (κ1) is 17.3. The van der Waals surface area contributed by atoms with Crippen LogP contribution in [0.25, 0.3) is 11.1 Å². The number of rotatable bonds is 5. The minimum Gasteiger partial charge on any atom is -0.496 e. The van der Waals surface area contributed by atoms with Gasteiger partial charge in [-0.3, -0.25) is 0 Å². The van der Waals surface area contributed by atoms with Crippen molar-refractivity contribution in [1.29, 1.82) is 0 Å². The van der Waals surface area contributed by atoms with E-state index in [1.807, 2.05) is 45.9 Å². The van der Waals surface area contributed by atoms with Gasteiger partial charge in [-0.15, -0.1) is 11.3 Å². The third kappa shape index (κ3) is 3.67. The van der Waals surface area contributed by atoms with E-state index in [1.54, 1.807) is 7.11 Å². The molecule has 2 N–H and O–H groups in total. The maximum atomic E-state index is 12.5. The highest BCUT2D eigenvalue weighted by Crippen LogP contribution is 2.39. The Morgan fingerprint density at radius 2 is 2.00 bits per heavy atom. The molecule has 4 nitrogen and oxygen atoms in total. The molecular weight excluding hydrogens is 310 g/mol. The highest BCUT2D eigenvalue weighted by Gasteiger charge is 2.23. The number of anilines is 1. The fraction of sp³-hybridized carbons (Fsp3) is 0.389. The highest BCUT2D eigenvalue weighted by molar-refractivity contribution is 7.16. The summed E-state index contributed by atoms with van der Waals surface area (Å²) in [6.45, 7) is 8.33. The molecule has 2 rings (SSSR count). The molecule has 0 saturated carbocycles. The topological polar surface area (TPSA) is 61.5 Å². The molecule has 0 saturated heterocycles. The van der Waals surface area contributed by atoms with Gasteiger partial charge in [0.2, 0.25) is 0 Å². The molecule has 0 amide bonds. The van der Waals surface area contributed by atoms with Gasteiger partial charge >= 0.3 is 5.97 Å². The summed E-state index contributed by atoms with van der Waals surface area (Å²) in [4.78, 5) is 13.5. The summed E-state index contributed by atoms with van der Waals surface area (Å²) in [6, 6.07) is 5.85. The van der Waals surface area contributed by atoms with Crippen LogP contribution in [-0.2, 0) is 4.74 Å². The van der Waals surface area contributed by atoms with E-state index in [1.165, 1.54) is 11.3 Å². The highest BCUT2D eigenvalue weighted by atomic mass is 32.1. The van der Waals surface area contributed by atoms with Gasteiger partial charge in [0.15, 0.2) is 0 Å². The van der Waals surface area contributed by atoms with Crippen LogP contribution in [0.1, 0.15) is 34.6 Å². The predicted molar refractivity (Wildman–Crippen MR) is 95.3 cm³/mol. The molecule has 1 heterocycles. The van der Waals surface area contributed by atoms with Crippen LogP contribution in [0.4, 0.5) is 5.00 Å². The summed E-state index contributed by atoms with van der Waals surface area (Å²) >= 11 is 1.41. The van der Waals surface area contributed by atoms with Crippen LogP contribution in [0.3, 0.4) is 0 Å². The second-order valence-electron chi connectivity index (χ2n) is 5.95. The number of methoxy groups -OCH3 is 1. The van der Waals surface area contributed by atoms with Crippen molar-refractivity contribution in [3.63, 3.8) is 0 Å². The third-order valence-electron chi connectivity index (χ3n) is 3.55. The molecule has 124 valence electrons. The Balaban J connectivity index is 2.46. The molecule has 1 aromatic heterocycles. The van der Waals surface area contributed by atoms with Gasteiger partial charge in [0.1, 0.15) is 16.3 Å². The van der Waals surface area contributed by atoms with Gasteiger partial charge in [0.05, 0.1) is 13.7 Å². The SMILES string of the molecule is COc1ccc(-c2c(C)sc(N)c2C(=O)OCC(C)C)cc1C. The lowest BCUT2D eigenvalue weighted by Crippen LogP contribution is -2.12. The molecule has 0 fully saturated rings. The number of hydrogen-bond donors (Lipinski definition) is 1. The zero-order valence-electron chi connectivity index (χ0n) is 14.2. The van der Waals surface area contributed by atoms with Gasteiger partial charge in [-0.1, -0.05) is 19.9 Å². The summed E-state index contributed by atoms with van der Waals surface area (Å²) < 4.78 is 10.7. The van der Waals surface area contributed by atoms with E-state index in [-0.39, 0.29) is 11.9 Å². The number of benzene rings is 1. The number of nitrogen functional groups attached to an aromatic ring is 1. The second kappa shape index (κ2) is 7.04. The standard InChI is InChI=1S/C18H23NO3S/c1-10(2)9-22-18(20)16-15(12(4)23-17(16)19)13-6-7-14(21-5)11(3)8-13/h6-8,10H,9,19H2,1-5H3. The van der Waals surface area contributed by atoms with Crippen LogP contribution in [0.2, 0.25) is 0 Å². The van der Waals surface area contributed by atoms with E-state index in [0.29, 0.717) is 17.2 Å². The lowest BCUT2D eigenvalue weighted by molar-refractivity contribution is 0.0461. The van der Waals surface area contributed by atoms with E-state index in [0.717, 1.165) is 27.3 Å². The molecule has 0 aliphatic heterocycles. The number of nitrogens with two attached hydrogens (primary N) is 1. The van der Waals surface area contributed by atoms with Gasteiger partial charge in [0.25, 0.3) is 0 Å². The van der Waals surface area contributed by atoms with E-state index in [2.05, 4.69) is 0 Å². The van der Waals surface area contributed by atoms with Gasteiger partial charge in [0, 0.05) is 10.4 Å². The predicted octanol–water partition coefficient (Wildman–Crippen LogP) is 4.44. The Bertz CT molecular complexity index is 719. The van der Waals surface area contributed by atoms with Gasteiger partial charge in [-0.05, 0) is 43.0 Å². The number of aryl methyl sites for hydroxylation is 2. The number of esters is 1. The van der Waals surface area contributed by atoms with Crippen LogP contribution in [0.15, 0.2) is 18.2 Å². The average molecular weight is 333 g/mol. The maximum Gasteiger partial charge on any atom is 0.341 e. The van der Waals surface area contributed by atoms with Crippen molar-refractivity contribution < 1.29 is 14.3 Å². The van der Waals surface area contributed by atoms with Crippen LogP contribution < -0.4 is 10.5 Å². The first-order valence-corrected chi connectivity index (χ1v) is 8.37. The van der Waals surface area contributed by atoms with Crippen LogP contribution >= 0.6 is 11.3 Å². The molecule has 23 heavy (non-hydrogen) atoms. The van der Waals surface area contributed by atoms with Crippen molar-refractivity contribution in [1.82, 2.24) is 0 Å². The number of carbonyl (C=O) groups excluding carboxylic acids is 1. The van der Waals surface area contributed by atoms with Gasteiger partial charge in [-0.2, -0.15) is 0 Å². The van der Waals surface area contributed by atoms with Gasteiger partial charge < -0.3 is 15.2 Å². The monoisotopic (exact) mass is 333 g/mol. The zero-order chi connectivity index (χ0) is 17.1. The third-order valence-corrected chi connectivity index (χ3v) is 4.48. The van der Waals surface area contributed by atoms with E-state index in [9.17, 15) is 4.79 Å². The van der Waals surface area contributed by atoms with Crippen LogP contribution in [-0.4, -0.2) is 19.7 Å². The van der Waals surface area contributed by atoms with Crippen molar-refractivity contribution in [3.05, 3.63) is 34.2 Å². The molecule has 0 aliphatic carbocycles. The number of thiophene rings is 1. The van der Waals surface area contributed by atoms with E-state index < -0.39 is 0 Å². The molecule has 0 atom stereocenters. The Hall–Kier alpha value is -2.01. The maximum absolute atomic E-state index is 12.5. The lowest BCUT2D eigenvalue weighted by Gasteiger charge is -2.11. The Labute approximate surface area is 141 Å². The van der Waals surface area contributed by atoms with Crippen molar-refractivity contribution in [2.45, 2.75) is 27.7 Å². The first-order chi connectivity index (χ1) is 10.8. The molecule has 0 spiro atoms. The van der Waals surface area contributed by atoms with Crippen molar-refractivity contribution in [2.75, 3.05) is 19.5 Å². The number of carbonyl (C=O) groups is 1. The van der Waals surface area contributed by atoms with Crippen molar-refractivity contribution >= 4 is 22.3 Å². The normalized spacial score (nSPS) is 10.9. The molecule has 0 aliphatic rings. The fourth-order valence-corrected chi connectivity index (χ4v) is 3.40. The molecule has 0 radical (unpaired) electrons. The largest absolute Gasteiger partial charge is 0.496 e. The van der Waals surface area contributed by atoms with E-state index >= 15 is 0 Å². The van der Waals surface area contributed by atoms with Crippen molar-refractivity contribution in [2.24, 2.45) is 5.92 Å². The van der Waals surface area contributed by atoms with Crippen molar-refractivity contribution in [3.8, 4) is 16.9 Å². The average Bonchev–Trinajstić information content (AvgIpc) is 2.79. The summed E-state index contributed by atoms with van der Waals surface area (Å²) in [5.74, 6) is 0.745. The molecule has 5 heteroatoms. The summed E-state index contributed by atoms with van der Waals surface area (Å²) in [5.41, 5.74) is 9.36. The van der Waals surface area contributed by atoms with Gasteiger partial charge in [-0.25, -0.2) is 4.79 Å². The smallest absolute Gasteiger partial charge is 0.341 e. The number of ether oxygens (including phenoxy) is 2. The Morgan fingerprint density at radius 1 is 1.30 bits per heavy atom. The zero-order valence-corrected chi connectivity index (χ0v) is 15.0. The lowest BCUT2D eigenvalue weighted by atomic mass is 9.99. The Morgan fingerprint density at radius 3 is 2.57 bits per heavy atom.